The van der Waals surface area contributed by atoms with Crippen molar-refractivity contribution in [2.24, 2.45) is 22.4 Å². The van der Waals surface area contributed by atoms with Gasteiger partial charge < -0.3 is 19.8 Å². The van der Waals surface area contributed by atoms with Gasteiger partial charge in [-0.05, 0) is 79.0 Å². The largest absolute Gasteiger partial charge is 0.504 e. The molecule has 0 bridgehead atoms. The topological polar surface area (TPSA) is 114 Å². The molecule has 174 valence electrons. The van der Waals surface area contributed by atoms with E-state index in [1.165, 1.54) is 19.2 Å². The summed E-state index contributed by atoms with van der Waals surface area (Å²) in [5.41, 5.74) is 2.21. The van der Waals surface area contributed by atoms with E-state index in [2.05, 4.69) is 12.1 Å². The van der Waals surface area contributed by atoms with E-state index >= 15 is 0 Å². The molecule has 3 aliphatic carbocycles. The SMILES string of the molecule is COc1cc2c(cc1O)C(=NOc1ccccc1[N+](=O)[O-])C[C@@H]1[C@@H]2CC[C@]2(C)C(O)CC[C@@H]12. The molecular weight excluding hydrogens is 424 g/mol. The number of hydrogen-bond acceptors (Lipinski definition) is 7. The number of rotatable bonds is 4. The van der Waals surface area contributed by atoms with Crippen LogP contribution in [0.4, 0.5) is 5.69 Å². The number of phenolic OH excluding ortho intramolecular Hbond substituents is 1. The maximum absolute atomic E-state index is 11.4. The molecule has 0 aromatic heterocycles. The molecule has 3 aliphatic rings. The lowest BCUT2D eigenvalue weighted by Gasteiger charge is -2.50. The van der Waals surface area contributed by atoms with Crippen molar-refractivity contribution >= 4 is 11.4 Å². The molecule has 0 radical (unpaired) electrons. The lowest BCUT2D eigenvalue weighted by Crippen LogP contribution is -2.45. The van der Waals surface area contributed by atoms with Crippen molar-refractivity contribution in [2.45, 2.75) is 51.0 Å². The highest BCUT2D eigenvalue weighted by atomic mass is 16.7. The minimum atomic E-state index is -0.496. The predicted octanol–water partition coefficient (Wildman–Crippen LogP) is 4.77. The number of hydrogen-bond donors (Lipinski definition) is 2. The molecule has 2 saturated carbocycles. The highest BCUT2D eigenvalue weighted by molar-refractivity contribution is 6.03. The first kappa shape index (κ1) is 21.7. The average Bonchev–Trinajstić information content (AvgIpc) is 3.11. The Morgan fingerprint density at radius 2 is 1.97 bits per heavy atom. The van der Waals surface area contributed by atoms with Crippen molar-refractivity contribution in [2.75, 3.05) is 7.11 Å². The fourth-order valence-corrected chi connectivity index (χ4v) is 6.44. The quantitative estimate of drug-likeness (QED) is 0.510. The fraction of sp³-hybridized carbons (Fsp3) is 0.480. The van der Waals surface area contributed by atoms with Crippen LogP contribution in [0.1, 0.15) is 56.1 Å². The minimum absolute atomic E-state index is 0.0185. The molecule has 8 heteroatoms. The third-order valence-electron chi connectivity index (χ3n) is 8.19. The summed E-state index contributed by atoms with van der Waals surface area (Å²) in [5.74, 6) is 1.37. The van der Waals surface area contributed by atoms with Crippen molar-refractivity contribution in [3.8, 4) is 17.2 Å². The molecule has 0 saturated heterocycles. The van der Waals surface area contributed by atoms with Gasteiger partial charge in [0, 0.05) is 11.6 Å². The summed E-state index contributed by atoms with van der Waals surface area (Å²) >= 11 is 0. The summed E-state index contributed by atoms with van der Waals surface area (Å²) in [6.45, 7) is 2.19. The zero-order valence-electron chi connectivity index (χ0n) is 18.7. The number of ether oxygens (including phenoxy) is 1. The number of aliphatic hydroxyl groups is 1. The molecule has 2 N–H and O–H groups in total. The first-order valence-electron chi connectivity index (χ1n) is 11.4. The Morgan fingerprint density at radius 1 is 1.18 bits per heavy atom. The first-order chi connectivity index (χ1) is 15.8. The van der Waals surface area contributed by atoms with Gasteiger partial charge in [0.2, 0.25) is 5.75 Å². The van der Waals surface area contributed by atoms with Gasteiger partial charge in [-0.15, -0.1) is 0 Å². The Balaban J connectivity index is 1.58. The van der Waals surface area contributed by atoms with Crippen LogP contribution in [0.5, 0.6) is 17.2 Å². The smallest absolute Gasteiger partial charge is 0.314 e. The van der Waals surface area contributed by atoms with E-state index in [9.17, 15) is 20.3 Å². The van der Waals surface area contributed by atoms with E-state index in [4.69, 9.17) is 9.57 Å². The van der Waals surface area contributed by atoms with E-state index in [-0.39, 0.29) is 40.5 Å². The number of nitrogens with zero attached hydrogens (tertiary/aromatic N) is 2. The molecule has 2 fully saturated rings. The molecule has 5 atom stereocenters. The van der Waals surface area contributed by atoms with E-state index in [1.807, 2.05) is 6.07 Å². The summed E-state index contributed by atoms with van der Waals surface area (Å²) in [4.78, 5) is 16.5. The molecule has 0 amide bonds. The van der Waals surface area contributed by atoms with Gasteiger partial charge in [-0.1, -0.05) is 24.2 Å². The molecule has 0 heterocycles. The van der Waals surface area contributed by atoms with Gasteiger partial charge >= 0.3 is 5.69 Å². The van der Waals surface area contributed by atoms with Crippen molar-refractivity contribution in [1.29, 1.82) is 0 Å². The van der Waals surface area contributed by atoms with Crippen LogP contribution in [0, 0.1) is 27.4 Å². The van der Waals surface area contributed by atoms with Gasteiger partial charge in [0.25, 0.3) is 0 Å². The maximum atomic E-state index is 11.4. The zero-order chi connectivity index (χ0) is 23.3. The third-order valence-corrected chi connectivity index (χ3v) is 8.19. The Hall–Kier alpha value is -3.13. The molecule has 1 unspecified atom stereocenters. The Kier molecular flexibility index (Phi) is 5.28. The maximum Gasteiger partial charge on any atom is 0.314 e. The molecule has 0 aliphatic heterocycles. The van der Waals surface area contributed by atoms with E-state index in [1.54, 1.807) is 18.2 Å². The number of fused-ring (bicyclic) bond motifs is 5. The summed E-state index contributed by atoms with van der Waals surface area (Å²) in [6.07, 6.45) is 3.96. The van der Waals surface area contributed by atoms with Gasteiger partial charge in [-0.2, -0.15) is 0 Å². The molecule has 0 spiro atoms. The number of benzene rings is 2. The second-order valence-electron chi connectivity index (χ2n) is 9.68. The summed E-state index contributed by atoms with van der Waals surface area (Å²) in [6, 6.07) is 9.68. The number of para-hydroxylation sites is 2. The molecule has 8 nitrogen and oxygen atoms in total. The predicted molar refractivity (Wildman–Crippen MR) is 122 cm³/mol. The molecule has 2 aromatic carbocycles. The average molecular weight is 453 g/mol. The lowest BCUT2D eigenvalue weighted by atomic mass is 9.55. The van der Waals surface area contributed by atoms with E-state index < -0.39 is 4.92 Å². The van der Waals surface area contributed by atoms with Crippen LogP contribution in [-0.4, -0.2) is 34.1 Å². The summed E-state index contributed by atoms with van der Waals surface area (Å²) < 4.78 is 5.38. The Labute approximate surface area is 192 Å². The van der Waals surface area contributed by atoms with Crippen LogP contribution < -0.4 is 9.57 Å². The number of nitro groups is 1. The highest BCUT2D eigenvalue weighted by Gasteiger charge is 2.55. The Morgan fingerprint density at radius 3 is 2.73 bits per heavy atom. The Bertz CT molecular complexity index is 1130. The van der Waals surface area contributed by atoms with Gasteiger partial charge in [-0.3, -0.25) is 10.1 Å². The zero-order valence-corrected chi connectivity index (χ0v) is 18.7. The fourth-order valence-electron chi connectivity index (χ4n) is 6.44. The minimum Gasteiger partial charge on any atom is -0.504 e. The van der Waals surface area contributed by atoms with E-state index in [0.29, 0.717) is 23.8 Å². The highest BCUT2D eigenvalue weighted by Crippen LogP contribution is 2.61. The molecule has 33 heavy (non-hydrogen) atoms. The summed E-state index contributed by atoms with van der Waals surface area (Å²) in [5, 5.41) is 36.9. The van der Waals surface area contributed by atoms with Crippen molar-refractivity contribution in [3.05, 3.63) is 57.6 Å². The number of phenols is 1. The standard InChI is InChI=1S/C25H28N2O6/c1-25-10-9-14-15-13-23(32-2)21(28)12-17(15)19(11-16(14)18(25)7-8-24(25)29)26-33-22-6-4-3-5-20(22)27(30)31/h3-6,12-14,16,18,24,28-29H,7-11H2,1-2H3/t14-,16-,18+,24?,25+/m1/s1. The number of aliphatic hydroxyl groups excluding tert-OH is 1. The van der Waals surface area contributed by atoms with Crippen LogP contribution in [0.3, 0.4) is 0 Å². The monoisotopic (exact) mass is 452 g/mol. The van der Waals surface area contributed by atoms with Crippen molar-refractivity contribution < 1.29 is 24.7 Å². The molecule has 2 aromatic rings. The number of aromatic hydroxyl groups is 1. The van der Waals surface area contributed by atoms with Crippen LogP contribution in [0.25, 0.3) is 0 Å². The van der Waals surface area contributed by atoms with Gasteiger partial charge in [0.15, 0.2) is 11.5 Å². The number of methoxy groups -OCH3 is 1. The second kappa shape index (κ2) is 8.02. The van der Waals surface area contributed by atoms with Crippen molar-refractivity contribution in [3.63, 3.8) is 0 Å². The second-order valence-corrected chi connectivity index (χ2v) is 9.68. The lowest BCUT2D eigenvalue weighted by molar-refractivity contribution is -0.385. The molecular formula is C25H28N2O6. The van der Waals surface area contributed by atoms with Crippen LogP contribution in [-0.2, 0) is 0 Å². The third kappa shape index (κ3) is 3.44. The van der Waals surface area contributed by atoms with Gasteiger partial charge in [0.1, 0.15) is 0 Å². The summed E-state index contributed by atoms with van der Waals surface area (Å²) in [7, 11) is 1.53. The van der Waals surface area contributed by atoms with Crippen molar-refractivity contribution in [1.82, 2.24) is 0 Å². The van der Waals surface area contributed by atoms with Gasteiger partial charge in [-0.25, -0.2) is 0 Å². The number of oxime groups is 1. The molecule has 5 rings (SSSR count). The van der Waals surface area contributed by atoms with E-state index in [0.717, 1.165) is 36.8 Å². The van der Waals surface area contributed by atoms with Crippen LogP contribution >= 0.6 is 0 Å². The normalized spacial score (nSPS) is 31.4. The van der Waals surface area contributed by atoms with Gasteiger partial charge in [0.05, 0.1) is 23.8 Å². The first-order valence-corrected chi connectivity index (χ1v) is 11.4. The van der Waals surface area contributed by atoms with Crippen LogP contribution in [0.2, 0.25) is 0 Å². The van der Waals surface area contributed by atoms with Crippen LogP contribution in [0.15, 0.2) is 41.6 Å². The number of nitro benzene ring substituents is 1.